The quantitative estimate of drug-likeness (QED) is 0.359. The molecular weight excluding hydrogens is 436 g/mol. The standard InChI is InChI=1S/C26H26N4O2.C3H8.H2/c1-4-16(2)21-14-30(22-10-11-27-13-20(21)22)15-24(31)28-12-17-8-9-23-25-18(17)6-5-7-19(25)26(32)29(23)3;1-3-2;/h5-11,13-14,16H,4,12,15H2,1-3H3,(H,28,31);3H2,1-2H3;1H. The Morgan fingerprint density at radius 2 is 1.89 bits per heavy atom. The van der Waals surface area contributed by atoms with Gasteiger partial charge in [-0.3, -0.25) is 14.6 Å². The number of nitrogens with one attached hydrogen (secondary N) is 1. The number of aromatic nitrogens is 2. The molecule has 1 N–H and O–H groups in total. The maximum absolute atomic E-state index is 12.9. The monoisotopic (exact) mass is 472 g/mol. The van der Waals surface area contributed by atoms with E-state index in [-0.39, 0.29) is 19.8 Å². The molecule has 0 aliphatic carbocycles. The highest BCUT2D eigenvalue weighted by Gasteiger charge is 2.27. The Morgan fingerprint density at radius 3 is 2.63 bits per heavy atom. The lowest BCUT2D eigenvalue weighted by Gasteiger charge is -2.13. The van der Waals surface area contributed by atoms with Gasteiger partial charge in [0, 0.05) is 49.9 Å². The van der Waals surface area contributed by atoms with Gasteiger partial charge in [-0.15, -0.1) is 0 Å². The molecule has 4 aromatic rings. The van der Waals surface area contributed by atoms with Gasteiger partial charge in [0.25, 0.3) is 5.91 Å². The van der Waals surface area contributed by atoms with Crippen molar-refractivity contribution in [2.75, 3.05) is 11.9 Å². The largest absolute Gasteiger partial charge is 0.350 e. The van der Waals surface area contributed by atoms with Crippen molar-refractivity contribution < 1.29 is 11.0 Å². The summed E-state index contributed by atoms with van der Waals surface area (Å²) in [5.74, 6) is 0.365. The normalized spacial score (nSPS) is 13.2. The third-order valence-corrected chi connectivity index (χ3v) is 6.65. The number of hydrogen-bond donors (Lipinski definition) is 1. The summed E-state index contributed by atoms with van der Waals surface area (Å²) in [6.45, 7) is 9.28. The van der Waals surface area contributed by atoms with Crippen LogP contribution >= 0.6 is 0 Å². The molecule has 1 atom stereocenters. The maximum atomic E-state index is 12.9. The molecule has 3 heterocycles. The molecule has 0 fully saturated rings. The van der Waals surface area contributed by atoms with E-state index in [0.717, 1.165) is 44.9 Å². The molecule has 0 saturated heterocycles. The summed E-state index contributed by atoms with van der Waals surface area (Å²) in [6.07, 6.45) is 8.02. The molecule has 35 heavy (non-hydrogen) atoms. The van der Waals surface area contributed by atoms with Crippen LogP contribution in [0.1, 0.15) is 69.4 Å². The van der Waals surface area contributed by atoms with Crippen molar-refractivity contribution in [3.8, 4) is 0 Å². The summed E-state index contributed by atoms with van der Waals surface area (Å²) in [7, 11) is 1.79. The Kier molecular flexibility index (Phi) is 7.20. The second kappa shape index (κ2) is 10.3. The van der Waals surface area contributed by atoms with Gasteiger partial charge < -0.3 is 14.8 Å². The minimum atomic E-state index is -0.0501. The van der Waals surface area contributed by atoms with E-state index in [1.165, 1.54) is 12.0 Å². The zero-order valence-electron chi connectivity index (χ0n) is 21.3. The van der Waals surface area contributed by atoms with E-state index < -0.39 is 0 Å². The number of carbonyl (C=O) groups excluding carboxylic acids is 2. The van der Waals surface area contributed by atoms with Crippen LogP contribution in [-0.4, -0.2) is 28.4 Å². The zero-order chi connectivity index (χ0) is 25.1. The van der Waals surface area contributed by atoms with Gasteiger partial charge in [-0.1, -0.05) is 52.3 Å². The van der Waals surface area contributed by atoms with Crippen LogP contribution in [0.25, 0.3) is 21.7 Å². The van der Waals surface area contributed by atoms with Gasteiger partial charge in [-0.05, 0) is 47.1 Å². The van der Waals surface area contributed by atoms with E-state index >= 15 is 0 Å². The maximum Gasteiger partial charge on any atom is 0.258 e. The minimum absolute atomic E-state index is 0. The van der Waals surface area contributed by atoms with Crippen LogP contribution in [0.15, 0.2) is 55.0 Å². The first-order valence-electron chi connectivity index (χ1n) is 12.4. The predicted octanol–water partition coefficient (Wildman–Crippen LogP) is 6.27. The topological polar surface area (TPSA) is 67.2 Å². The first kappa shape index (κ1) is 24.5. The number of pyridine rings is 1. The number of rotatable bonds is 6. The van der Waals surface area contributed by atoms with Crippen molar-refractivity contribution in [1.82, 2.24) is 14.9 Å². The number of carbonyl (C=O) groups is 2. The van der Waals surface area contributed by atoms with E-state index in [9.17, 15) is 9.59 Å². The number of fused-ring (bicyclic) bond motifs is 1. The van der Waals surface area contributed by atoms with Gasteiger partial charge in [0.15, 0.2) is 0 Å². The van der Waals surface area contributed by atoms with Gasteiger partial charge in [0.05, 0.1) is 11.2 Å². The highest BCUT2D eigenvalue weighted by Crippen LogP contribution is 2.38. The first-order valence-corrected chi connectivity index (χ1v) is 12.4. The van der Waals surface area contributed by atoms with E-state index in [0.29, 0.717) is 12.5 Å². The Bertz CT molecular complexity index is 1400. The summed E-state index contributed by atoms with van der Waals surface area (Å²) < 4.78 is 2.01. The molecular formula is C29H36N4O2. The summed E-state index contributed by atoms with van der Waals surface area (Å²) in [5, 5.41) is 6.15. The number of nitrogens with zero attached hydrogens (tertiary/aromatic N) is 3. The number of amides is 2. The molecule has 2 aromatic heterocycles. The summed E-state index contributed by atoms with van der Waals surface area (Å²) in [4.78, 5) is 31.3. The number of hydrogen-bond acceptors (Lipinski definition) is 3. The van der Waals surface area contributed by atoms with Crippen molar-refractivity contribution >= 4 is 39.2 Å². The summed E-state index contributed by atoms with van der Waals surface area (Å²) in [5.41, 5.74) is 4.89. The molecule has 5 rings (SSSR count). The predicted molar refractivity (Wildman–Crippen MR) is 145 cm³/mol. The SMILES string of the molecule is CCC.CCC(C)c1cn(CC(=O)NCc2ccc3c4c(cccc24)C(=O)N3C)c2ccncc12.[HH]. The fourth-order valence-electron chi connectivity index (χ4n) is 4.67. The highest BCUT2D eigenvalue weighted by atomic mass is 16.2. The Labute approximate surface area is 208 Å². The molecule has 2 aromatic carbocycles. The average Bonchev–Trinajstić information content (AvgIpc) is 3.35. The molecule has 1 aliphatic rings. The zero-order valence-corrected chi connectivity index (χ0v) is 21.3. The molecule has 184 valence electrons. The fourth-order valence-corrected chi connectivity index (χ4v) is 4.67. The van der Waals surface area contributed by atoms with Crippen LogP contribution in [0.5, 0.6) is 0 Å². The van der Waals surface area contributed by atoms with Gasteiger partial charge in [-0.25, -0.2) is 0 Å². The molecule has 0 saturated carbocycles. The van der Waals surface area contributed by atoms with Gasteiger partial charge in [-0.2, -0.15) is 0 Å². The van der Waals surface area contributed by atoms with Crippen molar-refractivity contribution in [2.24, 2.45) is 0 Å². The third kappa shape index (κ3) is 4.53. The molecule has 0 spiro atoms. The fraction of sp³-hybridized carbons (Fsp3) is 0.345. The van der Waals surface area contributed by atoms with Gasteiger partial charge in [0.2, 0.25) is 5.91 Å². The van der Waals surface area contributed by atoms with E-state index in [4.69, 9.17) is 0 Å². The van der Waals surface area contributed by atoms with Crippen molar-refractivity contribution in [3.63, 3.8) is 0 Å². The smallest absolute Gasteiger partial charge is 0.258 e. The first-order chi connectivity index (χ1) is 16.9. The molecule has 6 heteroatoms. The molecule has 6 nitrogen and oxygen atoms in total. The Hall–Kier alpha value is -3.67. The third-order valence-electron chi connectivity index (χ3n) is 6.65. The van der Waals surface area contributed by atoms with Crippen LogP contribution in [0.3, 0.4) is 0 Å². The molecule has 0 bridgehead atoms. The lowest BCUT2D eigenvalue weighted by Crippen LogP contribution is -2.27. The van der Waals surface area contributed by atoms with Crippen molar-refractivity contribution in [2.45, 2.75) is 59.5 Å². The van der Waals surface area contributed by atoms with Crippen LogP contribution in [0, 0.1) is 0 Å². The average molecular weight is 473 g/mol. The number of anilines is 1. The minimum Gasteiger partial charge on any atom is -0.350 e. The Balaban J connectivity index is 0.000000861. The second-order valence-electron chi connectivity index (χ2n) is 9.23. The van der Waals surface area contributed by atoms with Crippen LogP contribution in [0.4, 0.5) is 5.69 Å². The number of benzene rings is 2. The van der Waals surface area contributed by atoms with E-state index in [1.807, 2.05) is 47.2 Å². The van der Waals surface area contributed by atoms with Gasteiger partial charge in [0.1, 0.15) is 6.54 Å². The summed E-state index contributed by atoms with van der Waals surface area (Å²) in [6, 6.07) is 11.7. The van der Waals surface area contributed by atoms with Gasteiger partial charge >= 0.3 is 0 Å². The molecule has 1 unspecified atom stereocenters. The second-order valence-corrected chi connectivity index (χ2v) is 9.23. The van der Waals surface area contributed by atoms with E-state index in [1.54, 1.807) is 18.1 Å². The van der Waals surface area contributed by atoms with Crippen molar-refractivity contribution in [3.05, 3.63) is 71.7 Å². The summed E-state index contributed by atoms with van der Waals surface area (Å²) >= 11 is 0. The Morgan fingerprint density at radius 1 is 1.11 bits per heavy atom. The van der Waals surface area contributed by atoms with E-state index in [2.05, 4.69) is 44.2 Å². The van der Waals surface area contributed by atoms with Crippen LogP contribution in [-0.2, 0) is 17.9 Å². The highest BCUT2D eigenvalue weighted by molar-refractivity contribution is 6.25. The molecule has 1 aliphatic heterocycles. The molecule has 0 radical (unpaired) electrons. The lowest BCUT2D eigenvalue weighted by atomic mass is 9.99. The lowest BCUT2D eigenvalue weighted by molar-refractivity contribution is -0.121. The van der Waals surface area contributed by atoms with Crippen LogP contribution < -0.4 is 10.2 Å². The van der Waals surface area contributed by atoms with Crippen LogP contribution in [0.2, 0.25) is 0 Å². The molecule has 2 amide bonds. The van der Waals surface area contributed by atoms with Crippen molar-refractivity contribution in [1.29, 1.82) is 0 Å².